The Labute approximate surface area is 183 Å². The predicted octanol–water partition coefficient (Wildman–Crippen LogP) is 6.22. The van der Waals surface area contributed by atoms with Gasteiger partial charge in [0.15, 0.2) is 0 Å². The van der Waals surface area contributed by atoms with E-state index in [1.807, 2.05) is 13.0 Å². The monoisotopic (exact) mass is 419 g/mol. The molecule has 1 aliphatic heterocycles. The first kappa shape index (κ1) is 21.7. The first-order chi connectivity index (χ1) is 14.2. The lowest BCUT2D eigenvalue weighted by Crippen LogP contribution is -2.44. The molecule has 0 spiro atoms. The minimum absolute atomic E-state index is 0.0306. The number of likely N-dealkylation sites (N-methyl/N-ethyl adjacent to an activating group) is 1. The molecule has 2 aromatic rings. The lowest BCUT2D eigenvalue weighted by Gasteiger charge is -2.43. The summed E-state index contributed by atoms with van der Waals surface area (Å²) in [6, 6.07) is 13.2. The zero-order valence-corrected chi connectivity index (χ0v) is 18.8. The number of allylic oxidation sites excluding steroid dienone is 1. The molecule has 0 unspecified atom stereocenters. The summed E-state index contributed by atoms with van der Waals surface area (Å²) in [5.74, 6) is -0.480. The number of rotatable bonds is 4. The summed E-state index contributed by atoms with van der Waals surface area (Å²) in [7, 11) is 0. The second-order valence-electron chi connectivity index (χ2n) is 8.06. The van der Waals surface area contributed by atoms with E-state index in [0.717, 1.165) is 23.2 Å². The minimum Gasteiger partial charge on any atom is -0.363 e. The van der Waals surface area contributed by atoms with Crippen molar-refractivity contribution in [2.24, 2.45) is 0 Å². The number of aryl methyl sites for hydroxylation is 1. The Morgan fingerprint density at radius 2 is 1.97 bits per heavy atom. The summed E-state index contributed by atoms with van der Waals surface area (Å²) in [5.41, 5.74) is 5.79. The zero-order chi connectivity index (χ0) is 22.1. The number of halogens is 1. The maximum atomic E-state index is 12.7. The van der Waals surface area contributed by atoms with Crippen LogP contribution in [0.25, 0.3) is 11.6 Å². The van der Waals surface area contributed by atoms with Gasteiger partial charge in [-0.25, -0.2) is 0 Å². The highest BCUT2D eigenvalue weighted by molar-refractivity contribution is 6.34. The molecule has 5 heteroatoms. The fourth-order valence-corrected chi connectivity index (χ4v) is 4.22. The highest BCUT2D eigenvalue weighted by atomic mass is 35.5. The Hall–Kier alpha value is -3.03. The molecule has 0 saturated heterocycles. The van der Waals surface area contributed by atoms with Crippen LogP contribution >= 0.6 is 11.6 Å². The third-order valence-corrected chi connectivity index (χ3v) is 5.80. The van der Waals surface area contributed by atoms with Gasteiger partial charge in [0.1, 0.15) is 11.6 Å². The van der Waals surface area contributed by atoms with Crippen molar-refractivity contribution in [3.63, 3.8) is 0 Å². The van der Waals surface area contributed by atoms with Crippen molar-refractivity contribution >= 4 is 40.5 Å². The van der Waals surface area contributed by atoms with Gasteiger partial charge in [-0.15, -0.1) is 0 Å². The summed E-state index contributed by atoms with van der Waals surface area (Å²) < 4.78 is 0. The molecule has 0 aromatic heterocycles. The molecule has 1 N–H and O–H groups in total. The second kappa shape index (κ2) is 8.38. The van der Waals surface area contributed by atoms with Crippen molar-refractivity contribution in [3.8, 4) is 6.07 Å². The highest BCUT2D eigenvalue weighted by Crippen LogP contribution is 2.40. The van der Waals surface area contributed by atoms with Crippen molar-refractivity contribution in [1.29, 1.82) is 5.26 Å². The van der Waals surface area contributed by atoms with Crippen molar-refractivity contribution in [2.45, 2.75) is 40.2 Å². The molecule has 0 saturated carbocycles. The SMILES string of the molecule is CCN1c2cc(C)c(/C=C(/C#N)C(=O)Nc3ccccc3Cl)cc2C(C)=CC1(C)C. The van der Waals surface area contributed by atoms with Crippen molar-refractivity contribution in [1.82, 2.24) is 0 Å². The average Bonchev–Trinajstić information content (AvgIpc) is 2.68. The van der Waals surface area contributed by atoms with E-state index in [9.17, 15) is 10.1 Å². The van der Waals surface area contributed by atoms with E-state index in [1.165, 1.54) is 11.3 Å². The molecule has 1 heterocycles. The van der Waals surface area contributed by atoms with Crippen LogP contribution in [0.3, 0.4) is 0 Å². The van der Waals surface area contributed by atoms with E-state index in [0.29, 0.717) is 10.7 Å². The number of carbonyl (C=O) groups is 1. The lowest BCUT2D eigenvalue weighted by molar-refractivity contribution is -0.112. The van der Waals surface area contributed by atoms with Gasteiger partial charge in [-0.2, -0.15) is 5.26 Å². The van der Waals surface area contributed by atoms with E-state index >= 15 is 0 Å². The number of hydrogen-bond donors (Lipinski definition) is 1. The molecule has 0 aliphatic carbocycles. The molecule has 0 radical (unpaired) electrons. The molecule has 0 atom stereocenters. The summed E-state index contributed by atoms with van der Waals surface area (Å²) in [5, 5.41) is 12.7. The van der Waals surface area contributed by atoms with Crippen molar-refractivity contribution < 1.29 is 4.79 Å². The molecular formula is C25H26ClN3O. The van der Waals surface area contributed by atoms with Gasteiger partial charge in [0.05, 0.1) is 16.2 Å². The summed E-state index contributed by atoms with van der Waals surface area (Å²) in [4.78, 5) is 15.0. The number of anilines is 2. The van der Waals surface area contributed by atoms with Crippen LogP contribution in [-0.2, 0) is 4.79 Å². The normalized spacial score (nSPS) is 15.2. The van der Waals surface area contributed by atoms with Gasteiger partial charge in [0.2, 0.25) is 0 Å². The van der Waals surface area contributed by atoms with Crippen molar-refractivity contribution in [2.75, 3.05) is 16.8 Å². The fraction of sp³-hybridized carbons (Fsp3) is 0.280. The molecule has 154 valence electrons. The van der Waals surface area contributed by atoms with E-state index in [4.69, 9.17) is 11.6 Å². The van der Waals surface area contributed by atoms with Gasteiger partial charge < -0.3 is 10.2 Å². The van der Waals surface area contributed by atoms with Gasteiger partial charge in [0.25, 0.3) is 5.91 Å². The summed E-state index contributed by atoms with van der Waals surface area (Å²) in [6.07, 6.45) is 3.90. The van der Waals surface area contributed by atoms with E-state index < -0.39 is 5.91 Å². The second-order valence-corrected chi connectivity index (χ2v) is 8.46. The molecule has 4 nitrogen and oxygen atoms in total. The molecular weight excluding hydrogens is 394 g/mol. The van der Waals surface area contributed by atoms with Crippen LogP contribution in [0.15, 0.2) is 48.0 Å². The number of benzene rings is 2. The standard InChI is InChI=1S/C25H26ClN3O/c1-6-29-23-11-16(2)18(13-20(23)17(3)14-25(29,4)5)12-19(15-27)24(30)28-22-10-8-7-9-21(22)26/h7-14H,6H2,1-5H3,(H,28,30)/b19-12-. The topological polar surface area (TPSA) is 56.1 Å². The van der Waals surface area contributed by atoms with Gasteiger partial charge in [-0.05, 0) is 81.7 Å². The smallest absolute Gasteiger partial charge is 0.266 e. The van der Waals surface area contributed by atoms with Gasteiger partial charge in [-0.3, -0.25) is 4.79 Å². The van der Waals surface area contributed by atoms with Gasteiger partial charge in [-0.1, -0.05) is 29.8 Å². The van der Waals surface area contributed by atoms with Crippen LogP contribution in [0.4, 0.5) is 11.4 Å². The zero-order valence-electron chi connectivity index (χ0n) is 18.0. The fourth-order valence-electron chi connectivity index (χ4n) is 4.03. The van der Waals surface area contributed by atoms with E-state index in [-0.39, 0.29) is 11.1 Å². The Balaban J connectivity index is 2.01. The Kier molecular flexibility index (Phi) is 6.05. The number of amides is 1. The Morgan fingerprint density at radius 1 is 1.27 bits per heavy atom. The van der Waals surface area contributed by atoms with Crippen molar-refractivity contribution in [3.05, 3.63) is 69.8 Å². The average molecular weight is 420 g/mol. The molecule has 2 aromatic carbocycles. The number of carbonyl (C=O) groups excluding carboxylic acids is 1. The summed E-state index contributed by atoms with van der Waals surface area (Å²) in [6.45, 7) is 11.6. The van der Waals surface area contributed by atoms with Gasteiger partial charge in [0, 0.05) is 17.8 Å². The minimum atomic E-state index is -0.480. The third kappa shape index (κ3) is 4.13. The molecule has 0 bridgehead atoms. The number of para-hydroxylation sites is 1. The number of nitriles is 1. The third-order valence-electron chi connectivity index (χ3n) is 5.47. The highest BCUT2D eigenvalue weighted by Gasteiger charge is 2.30. The van der Waals surface area contributed by atoms with Gasteiger partial charge >= 0.3 is 0 Å². The molecule has 3 rings (SSSR count). The summed E-state index contributed by atoms with van der Waals surface area (Å²) >= 11 is 6.12. The largest absolute Gasteiger partial charge is 0.363 e. The number of hydrogen-bond acceptors (Lipinski definition) is 3. The lowest BCUT2D eigenvalue weighted by atomic mass is 9.86. The quantitative estimate of drug-likeness (QED) is 0.473. The van der Waals surface area contributed by atoms with Crippen LogP contribution in [0.5, 0.6) is 0 Å². The van der Waals surface area contributed by atoms with Crippen LogP contribution in [0, 0.1) is 18.3 Å². The Morgan fingerprint density at radius 3 is 2.60 bits per heavy atom. The number of fused-ring (bicyclic) bond motifs is 1. The van der Waals surface area contributed by atoms with E-state index in [2.05, 4.69) is 56.1 Å². The number of nitrogens with zero attached hydrogens (tertiary/aromatic N) is 2. The molecule has 1 aliphatic rings. The molecule has 1 amide bonds. The van der Waals surface area contributed by atoms with Crippen LogP contribution in [-0.4, -0.2) is 18.0 Å². The molecule has 0 fully saturated rings. The Bertz CT molecular complexity index is 1110. The maximum absolute atomic E-state index is 12.7. The van der Waals surface area contributed by atoms with Crippen LogP contribution in [0.1, 0.15) is 44.4 Å². The van der Waals surface area contributed by atoms with Crippen LogP contribution < -0.4 is 10.2 Å². The number of nitrogens with one attached hydrogen (secondary N) is 1. The maximum Gasteiger partial charge on any atom is 0.266 e. The van der Waals surface area contributed by atoms with E-state index in [1.54, 1.807) is 30.3 Å². The first-order valence-electron chi connectivity index (χ1n) is 9.97. The van der Waals surface area contributed by atoms with Crippen LogP contribution in [0.2, 0.25) is 5.02 Å². The molecule has 30 heavy (non-hydrogen) atoms. The first-order valence-corrected chi connectivity index (χ1v) is 10.4. The predicted molar refractivity (Wildman–Crippen MR) is 126 cm³/mol.